The molecule has 0 bridgehead atoms. The van der Waals surface area contributed by atoms with E-state index in [9.17, 15) is 0 Å². The Morgan fingerprint density at radius 3 is 1.46 bits per heavy atom. The predicted octanol–water partition coefficient (Wildman–Crippen LogP) is 10.8. The Labute approximate surface area is 229 Å². The fourth-order valence-electron chi connectivity index (χ4n) is 5.75. The smallest absolute Gasteiger partial charge is 0.0625 e. The fraction of sp³-hybridized carbons (Fsp3) is 0. The normalized spacial score (nSPS) is 11.1. The van der Waals surface area contributed by atoms with Crippen LogP contribution in [0.2, 0.25) is 0 Å². The van der Waals surface area contributed by atoms with Crippen LogP contribution >= 0.6 is 0 Å². The van der Waals surface area contributed by atoms with Crippen LogP contribution in [0.15, 0.2) is 164 Å². The van der Waals surface area contributed by atoms with Gasteiger partial charge in [0, 0.05) is 22.2 Å². The molecule has 0 aliphatic heterocycles. The molecule has 0 aliphatic carbocycles. The highest BCUT2D eigenvalue weighted by Crippen LogP contribution is 2.50. The number of para-hydroxylation sites is 2. The lowest BCUT2D eigenvalue weighted by molar-refractivity contribution is 1.30. The number of anilines is 3. The third kappa shape index (κ3) is 4.05. The van der Waals surface area contributed by atoms with Gasteiger partial charge in [-0.15, -0.1) is 0 Å². The van der Waals surface area contributed by atoms with E-state index >= 15 is 0 Å². The van der Waals surface area contributed by atoms with Crippen molar-refractivity contribution in [3.8, 4) is 22.3 Å². The Balaban J connectivity index is 1.67. The molecule has 0 heterocycles. The number of rotatable bonds is 5. The van der Waals surface area contributed by atoms with Crippen LogP contribution in [0, 0.1) is 0 Å². The zero-order valence-electron chi connectivity index (χ0n) is 21.5. The van der Waals surface area contributed by atoms with E-state index in [1.807, 2.05) is 0 Å². The van der Waals surface area contributed by atoms with Gasteiger partial charge >= 0.3 is 0 Å². The standard InChI is InChI=1S/C38H27N/c1-4-16-28(17-5-1)31-22-14-15-27-36(31)39(30-20-8-3-9-21-30)38-35-26-13-11-24-33(35)32-23-10-12-25-34(32)37(38)29-18-6-2-7-19-29/h1-27H. The molecule has 7 aromatic carbocycles. The van der Waals surface area contributed by atoms with Crippen molar-refractivity contribution in [1.82, 2.24) is 0 Å². The van der Waals surface area contributed by atoms with Crippen LogP contribution in [0.25, 0.3) is 43.8 Å². The molecule has 0 saturated heterocycles. The van der Waals surface area contributed by atoms with Gasteiger partial charge in [0.1, 0.15) is 0 Å². The Bertz CT molecular complexity index is 1890. The molecule has 1 heteroatoms. The molecule has 0 amide bonds. The van der Waals surface area contributed by atoms with Gasteiger partial charge in [0.2, 0.25) is 0 Å². The van der Waals surface area contributed by atoms with E-state index in [1.54, 1.807) is 0 Å². The maximum Gasteiger partial charge on any atom is 0.0625 e. The summed E-state index contributed by atoms with van der Waals surface area (Å²) < 4.78 is 0. The third-order valence-electron chi connectivity index (χ3n) is 7.44. The van der Waals surface area contributed by atoms with Crippen LogP contribution in [0.1, 0.15) is 0 Å². The summed E-state index contributed by atoms with van der Waals surface area (Å²) in [5.41, 5.74) is 8.28. The quantitative estimate of drug-likeness (QED) is 0.214. The van der Waals surface area contributed by atoms with Crippen LogP contribution in [-0.4, -0.2) is 0 Å². The summed E-state index contributed by atoms with van der Waals surface area (Å²) >= 11 is 0. The maximum absolute atomic E-state index is 2.46. The van der Waals surface area contributed by atoms with Crippen LogP contribution in [0.3, 0.4) is 0 Å². The van der Waals surface area contributed by atoms with Gasteiger partial charge in [-0.3, -0.25) is 0 Å². The second-order valence-electron chi connectivity index (χ2n) is 9.73. The summed E-state index contributed by atoms with van der Waals surface area (Å²) in [6, 6.07) is 58.6. The largest absolute Gasteiger partial charge is 0.309 e. The molecule has 0 aromatic heterocycles. The first-order valence-corrected chi connectivity index (χ1v) is 13.4. The molecule has 0 radical (unpaired) electrons. The Morgan fingerprint density at radius 2 is 0.795 bits per heavy atom. The molecule has 0 spiro atoms. The van der Waals surface area contributed by atoms with Gasteiger partial charge in [0.25, 0.3) is 0 Å². The second-order valence-corrected chi connectivity index (χ2v) is 9.73. The Kier molecular flexibility index (Phi) is 5.88. The van der Waals surface area contributed by atoms with Crippen molar-refractivity contribution in [2.75, 3.05) is 4.90 Å². The fourth-order valence-corrected chi connectivity index (χ4v) is 5.75. The van der Waals surface area contributed by atoms with Crippen LogP contribution in [-0.2, 0) is 0 Å². The van der Waals surface area contributed by atoms with Crippen molar-refractivity contribution in [3.05, 3.63) is 164 Å². The highest BCUT2D eigenvalue weighted by molar-refractivity contribution is 6.22. The average Bonchev–Trinajstić information content (AvgIpc) is 3.03. The van der Waals surface area contributed by atoms with Crippen LogP contribution in [0.4, 0.5) is 17.1 Å². The molecule has 0 aliphatic rings. The van der Waals surface area contributed by atoms with Gasteiger partial charge in [0.05, 0.1) is 11.4 Å². The summed E-state index contributed by atoms with van der Waals surface area (Å²) in [4.78, 5) is 2.46. The number of fused-ring (bicyclic) bond motifs is 3. The molecular weight excluding hydrogens is 470 g/mol. The number of hydrogen-bond acceptors (Lipinski definition) is 1. The molecule has 0 fully saturated rings. The minimum atomic E-state index is 1.12. The van der Waals surface area contributed by atoms with Gasteiger partial charge in [-0.25, -0.2) is 0 Å². The van der Waals surface area contributed by atoms with E-state index in [2.05, 4.69) is 169 Å². The van der Waals surface area contributed by atoms with Crippen molar-refractivity contribution < 1.29 is 0 Å². The first-order valence-electron chi connectivity index (χ1n) is 13.4. The van der Waals surface area contributed by atoms with E-state index in [0.29, 0.717) is 0 Å². The van der Waals surface area contributed by atoms with E-state index < -0.39 is 0 Å². The zero-order valence-corrected chi connectivity index (χ0v) is 21.5. The van der Waals surface area contributed by atoms with Gasteiger partial charge in [0.15, 0.2) is 0 Å². The first-order chi connectivity index (χ1) is 19.4. The molecule has 7 aromatic rings. The highest BCUT2D eigenvalue weighted by Gasteiger charge is 2.24. The maximum atomic E-state index is 2.46. The Hall–Kier alpha value is -5.14. The van der Waals surface area contributed by atoms with E-state index in [-0.39, 0.29) is 0 Å². The number of nitrogens with zero attached hydrogens (tertiary/aromatic N) is 1. The van der Waals surface area contributed by atoms with Gasteiger partial charge in [-0.2, -0.15) is 0 Å². The van der Waals surface area contributed by atoms with Gasteiger partial charge in [-0.1, -0.05) is 146 Å². The molecule has 39 heavy (non-hydrogen) atoms. The summed E-state index contributed by atoms with van der Waals surface area (Å²) in [5.74, 6) is 0. The van der Waals surface area contributed by atoms with E-state index in [4.69, 9.17) is 0 Å². The lowest BCUT2D eigenvalue weighted by atomic mass is 9.89. The molecule has 0 N–H and O–H groups in total. The molecule has 0 saturated carbocycles. The van der Waals surface area contributed by atoms with E-state index in [1.165, 1.54) is 49.5 Å². The lowest BCUT2D eigenvalue weighted by Gasteiger charge is -2.32. The zero-order chi connectivity index (χ0) is 26.0. The highest BCUT2D eigenvalue weighted by atomic mass is 15.1. The first kappa shape index (κ1) is 23.0. The molecule has 7 rings (SSSR count). The number of hydrogen-bond donors (Lipinski definition) is 0. The van der Waals surface area contributed by atoms with Crippen molar-refractivity contribution in [2.24, 2.45) is 0 Å². The van der Waals surface area contributed by atoms with Crippen molar-refractivity contribution >= 4 is 38.6 Å². The molecule has 184 valence electrons. The minimum Gasteiger partial charge on any atom is -0.309 e. The monoisotopic (exact) mass is 497 g/mol. The third-order valence-corrected chi connectivity index (χ3v) is 7.44. The predicted molar refractivity (Wildman–Crippen MR) is 167 cm³/mol. The summed E-state index contributed by atoms with van der Waals surface area (Å²) in [6.45, 7) is 0. The van der Waals surface area contributed by atoms with Crippen LogP contribution in [0.5, 0.6) is 0 Å². The van der Waals surface area contributed by atoms with Gasteiger partial charge in [-0.05, 0) is 45.5 Å². The second kappa shape index (κ2) is 9.96. The molecule has 0 atom stereocenters. The molecule has 1 nitrogen and oxygen atoms in total. The van der Waals surface area contributed by atoms with E-state index in [0.717, 1.165) is 11.4 Å². The molecular formula is C38H27N. The van der Waals surface area contributed by atoms with Crippen LogP contribution < -0.4 is 4.90 Å². The lowest BCUT2D eigenvalue weighted by Crippen LogP contribution is -2.13. The van der Waals surface area contributed by atoms with Crippen molar-refractivity contribution in [2.45, 2.75) is 0 Å². The number of benzene rings is 7. The van der Waals surface area contributed by atoms with Gasteiger partial charge < -0.3 is 4.90 Å². The summed E-state index contributed by atoms with van der Waals surface area (Å²) in [5, 5.41) is 4.98. The average molecular weight is 498 g/mol. The summed E-state index contributed by atoms with van der Waals surface area (Å²) in [7, 11) is 0. The van der Waals surface area contributed by atoms with Crippen molar-refractivity contribution in [3.63, 3.8) is 0 Å². The summed E-state index contributed by atoms with van der Waals surface area (Å²) in [6.07, 6.45) is 0. The molecule has 0 unspecified atom stereocenters. The Morgan fingerprint density at radius 1 is 0.333 bits per heavy atom. The minimum absolute atomic E-state index is 1.12. The topological polar surface area (TPSA) is 3.24 Å². The van der Waals surface area contributed by atoms with Crippen molar-refractivity contribution in [1.29, 1.82) is 0 Å². The SMILES string of the molecule is c1ccc(-c2ccccc2N(c2ccccc2)c2c(-c3ccccc3)c3ccccc3c3ccccc23)cc1.